The van der Waals surface area contributed by atoms with Gasteiger partial charge < -0.3 is 0 Å². The topological polar surface area (TPSA) is 38.7 Å². The molecule has 0 unspecified atom stereocenters. The minimum atomic E-state index is 0.742. The number of pyridine rings is 1. The quantitative estimate of drug-likeness (QED) is 0.172. The van der Waals surface area contributed by atoms with Crippen LogP contribution >= 0.6 is 22.7 Å². The van der Waals surface area contributed by atoms with Gasteiger partial charge in [0.2, 0.25) is 0 Å². The maximum Gasteiger partial charge on any atom is 0.160 e. The Hall–Kier alpha value is -6.27. The molecule has 5 heteroatoms. The molecule has 0 aliphatic rings. The molecule has 4 heterocycles. The number of aromatic nitrogens is 3. The van der Waals surface area contributed by atoms with Crippen molar-refractivity contribution in [2.24, 2.45) is 0 Å². The molecule has 11 rings (SSSR count). The normalized spacial score (nSPS) is 11.8. The van der Waals surface area contributed by atoms with E-state index in [1.54, 1.807) is 11.3 Å². The van der Waals surface area contributed by atoms with Gasteiger partial charge in [-0.05, 0) is 34.7 Å². The third kappa shape index (κ3) is 4.60. The standard InChI is InChI=1S/C47H27N3S2/c1-2-12-31(13-3-1)47-49-42(46-44(50-47)36-18-7-9-20-39(36)52-46)30-23-21-28(22-24-30)32-14-10-15-33(27-32)41-40-35-17-6-8-19-38(35)51-45(40)37-26-25-29-11-4-5-16-34(29)43(37)48-41/h1-27H. The van der Waals surface area contributed by atoms with E-state index in [-0.39, 0.29) is 0 Å². The van der Waals surface area contributed by atoms with Gasteiger partial charge in [-0.15, -0.1) is 22.7 Å². The van der Waals surface area contributed by atoms with Crippen LogP contribution in [0.3, 0.4) is 0 Å². The van der Waals surface area contributed by atoms with Crippen molar-refractivity contribution in [1.29, 1.82) is 0 Å². The molecule has 0 N–H and O–H groups in total. The Morgan fingerprint density at radius 3 is 1.85 bits per heavy atom. The van der Waals surface area contributed by atoms with Crippen LogP contribution in [-0.2, 0) is 0 Å². The number of thiophene rings is 2. The van der Waals surface area contributed by atoms with E-state index in [9.17, 15) is 0 Å². The maximum absolute atomic E-state index is 5.49. The number of hydrogen-bond acceptors (Lipinski definition) is 5. The third-order valence-corrected chi connectivity index (χ3v) is 12.5. The molecule has 242 valence electrons. The van der Waals surface area contributed by atoms with Crippen molar-refractivity contribution in [2.45, 2.75) is 0 Å². The van der Waals surface area contributed by atoms with E-state index in [4.69, 9.17) is 15.0 Å². The van der Waals surface area contributed by atoms with Crippen LogP contribution in [0.25, 0.3) is 107 Å². The van der Waals surface area contributed by atoms with Crippen LogP contribution in [-0.4, -0.2) is 15.0 Å². The van der Waals surface area contributed by atoms with E-state index in [0.29, 0.717) is 0 Å². The highest BCUT2D eigenvalue weighted by Crippen LogP contribution is 2.45. The summed E-state index contributed by atoms with van der Waals surface area (Å²) in [4.78, 5) is 15.8. The zero-order valence-corrected chi connectivity index (χ0v) is 29.4. The van der Waals surface area contributed by atoms with Gasteiger partial charge in [0.25, 0.3) is 0 Å². The number of benzene rings is 7. The highest BCUT2D eigenvalue weighted by molar-refractivity contribution is 7.27. The fourth-order valence-corrected chi connectivity index (χ4v) is 9.96. The van der Waals surface area contributed by atoms with E-state index in [0.717, 1.165) is 60.8 Å². The van der Waals surface area contributed by atoms with Gasteiger partial charge in [-0.3, -0.25) is 0 Å². The first-order chi connectivity index (χ1) is 25.8. The van der Waals surface area contributed by atoms with Crippen LogP contribution in [0.15, 0.2) is 164 Å². The molecular formula is C47H27N3S2. The lowest BCUT2D eigenvalue weighted by molar-refractivity contribution is 1.24. The first-order valence-electron chi connectivity index (χ1n) is 17.4. The fraction of sp³-hybridized carbons (Fsp3) is 0. The van der Waals surface area contributed by atoms with Gasteiger partial charge in [0.15, 0.2) is 5.82 Å². The van der Waals surface area contributed by atoms with Crippen molar-refractivity contribution in [3.8, 4) is 45.0 Å². The van der Waals surface area contributed by atoms with Crippen LogP contribution in [0.2, 0.25) is 0 Å². The third-order valence-electron chi connectivity index (χ3n) is 10.1. The average molecular weight is 698 g/mol. The lowest BCUT2D eigenvalue weighted by Crippen LogP contribution is -1.93. The molecule has 0 aliphatic heterocycles. The molecule has 52 heavy (non-hydrogen) atoms. The lowest BCUT2D eigenvalue weighted by Gasteiger charge is -2.12. The molecule has 0 aliphatic carbocycles. The molecule has 3 nitrogen and oxygen atoms in total. The second-order valence-corrected chi connectivity index (χ2v) is 15.2. The Morgan fingerprint density at radius 2 is 1.00 bits per heavy atom. The van der Waals surface area contributed by atoms with Crippen LogP contribution in [0.4, 0.5) is 0 Å². The van der Waals surface area contributed by atoms with Crippen molar-refractivity contribution < 1.29 is 0 Å². The average Bonchev–Trinajstić information content (AvgIpc) is 3.80. The Balaban J connectivity index is 1.06. The fourth-order valence-electron chi connectivity index (χ4n) is 7.58. The molecular weight excluding hydrogens is 671 g/mol. The van der Waals surface area contributed by atoms with Gasteiger partial charge in [0.1, 0.15) is 0 Å². The molecule has 0 atom stereocenters. The molecule has 0 amide bonds. The van der Waals surface area contributed by atoms with Crippen molar-refractivity contribution in [3.63, 3.8) is 0 Å². The van der Waals surface area contributed by atoms with E-state index in [1.807, 2.05) is 29.5 Å². The summed E-state index contributed by atoms with van der Waals surface area (Å²) in [5, 5.41) is 7.23. The summed E-state index contributed by atoms with van der Waals surface area (Å²) in [5.74, 6) is 0.742. The Kier molecular flexibility index (Phi) is 6.59. The predicted octanol–water partition coefficient (Wildman–Crippen LogP) is 13.6. The Morgan fingerprint density at radius 1 is 0.346 bits per heavy atom. The summed E-state index contributed by atoms with van der Waals surface area (Å²) in [6.45, 7) is 0. The van der Waals surface area contributed by atoms with Gasteiger partial charge in [-0.25, -0.2) is 15.0 Å². The van der Waals surface area contributed by atoms with Crippen LogP contribution in [0.5, 0.6) is 0 Å². The summed E-state index contributed by atoms with van der Waals surface area (Å²) >= 11 is 3.62. The Labute approximate surface area is 307 Å². The van der Waals surface area contributed by atoms with Gasteiger partial charge in [0, 0.05) is 57.7 Å². The molecule has 0 bridgehead atoms. The zero-order chi connectivity index (χ0) is 34.2. The highest BCUT2D eigenvalue weighted by Gasteiger charge is 2.19. The van der Waals surface area contributed by atoms with Gasteiger partial charge in [0.05, 0.1) is 27.1 Å². The first kappa shape index (κ1) is 29.5. The second-order valence-electron chi connectivity index (χ2n) is 13.1. The maximum atomic E-state index is 5.49. The first-order valence-corrected chi connectivity index (χ1v) is 19.0. The van der Waals surface area contributed by atoms with Crippen LogP contribution in [0, 0.1) is 0 Å². The summed E-state index contributed by atoms with van der Waals surface area (Å²) in [5.41, 5.74) is 9.53. The molecule has 0 saturated carbocycles. The van der Waals surface area contributed by atoms with Crippen LogP contribution < -0.4 is 0 Å². The molecule has 0 saturated heterocycles. The monoisotopic (exact) mass is 697 g/mol. The highest BCUT2D eigenvalue weighted by atomic mass is 32.1. The number of rotatable bonds is 4. The van der Waals surface area contributed by atoms with E-state index in [1.165, 1.54) is 46.4 Å². The number of fused-ring (bicyclic) bond motifs is 10. The molecule has 4 aromatic heterocycles. The minimum absolute atomic E-state index is 0.742. The molecule has 0 fully saturated rings. The lowest BCUT2D eigenvalue weighted by atomic mass is 9.97. The molecule has 0 radical (unpaired) electrons. The summed E-state index contributed by atoms with van der Waals surface area (Å²) < 4.78 is 4.89. The second kappa shape index (κ2) is 11.6. The molecule has 7 aromatic carbocycles. The predicted molar refractivity (Wildman–Crippen MR) is 222 cm³/mol. The van der Waals surface area contributed by atoms with Crippen molar-refractivity contribution >= 4 is 84.8 Å². The van der Waals surface area contributed by atoms with Gasteiger partial charge >= 0.3 is 0 Å². The largest absolute Gasteiger partial charge is 0.246 e. The Bertz CT molecular complexity index is 3180. The van der Waals surface area contributed by atoms with E-state index in [2.05, 4.69) is 146 Å². The van der Waals surface area contributed by atoms with E-state index >= 15 is 0 Å². The SMILES string of the molecule is c1ccc(-c2nc(-c3ccc(-c4cccc(-c5nc6c7ccccc7ccc6c6sc7ccccc7c56)c4)cc3)c3sc4ccccc4c3n2)cc1. The van der Waals surface area contributed by atoms with Crippen molar-refractivity contribution in [1.82, 2.24) is 15.0 Å². The van der Waals surface area contributed by atoms with Crippen molar-refractivity contribution in [2.75, 3.05) is 0 Å². The summed E-state index contributed by atoms with van der Waals surface area (Å²) in [6, 6.07) is 58.2. The summed E-state index contributed by atoms with van der Waals surface area (Å²) in [6.07, 6.45) is 0. The molecule has 0 spiro atoms. The van der Waals surface area contributed by atoms with Crippen molar-refractivity contribution in [3.05, 3.63) is 164 Å². The number of hydrogen-bond donors (Lipinski definition) is 0. The summed E-state index contributed by atoms with van der Waals surface area (Å²) in [7, 11) is 0. The van der Waals surface area contributed by atoms with E-state index < -0.39 is 0 Å². The zero-order valence-electron chi connectivity index (χ0n) is 27.7. The molecule has 11 aromatic rings. The smallest absolute Gasteiger partial charge is 0.160 e. The van der Waals surface area contributed by atoms with Crippen LogP contribution in [0.1, 0.15) is 0 Å². The van der Waals surface area contributed by atoms with Gasteiger partial charge in [-0.1, -0.05) is 146 Å². The minimum Gasteiger partial charge on any atom is -0.246 e. The number of nitrogens with zero attached hydrogens (tertiary/aromatic N) is 3. The van der Waals surface area contributed by atoms with Gasteiger partial charge in [-0.2, -0.15) is 0 Å².